The van der Waals surface area contributed by atoms with Gasteiger partial charge in [0.25, 0.3) is 0 Å². The average molecular weight is 412 g/mol. The standard InChI is InChI=1S/Fe.3O.Pb.Ru/q+2;;;-2;;+1. The van der Waals surface area contributed by atoms with Gasteiger partial charge in [0.2, 0.25) is 0 Å². The average Bonchev–Trinajstić information content (AvgIpc) is 1.50. The molecule has 0 heterocycles. The molecule has 0 aliphatic heterocycles. The molecule has 0 saturated carbocycles. The Balaban J connectivity index is -0.00000000500. The summed E-state index contributed by atoms with van der Waals surface area (Å²) in [6.07, 6.45) is 0. The van der Waals surface area contributed by atoms with Crippen molar-refractivity contribution in [3.05, 3.63) is 0 Å². The predicted octanol–water partition coefficient (Wildman–Crippen LogP) is -0.742. The summed E-state index contributed by atoms with van der Waals surface area (Å²) in [7, 11) is 0. The molecule has 0 spiro atoms. The van der Waals surface area contributed by atoms with Gasteiger partial charge in [-0.05, 0) is 0 Å². The SMILES string of the molecule is [Fe+2].[O-2].[O]=[Pb].[O]=[Ru+]. The Kier molecular flexibility index (Phi) is 337. The van der Waals surface area contributed by atoms with Crippen molar-refractivity contribution in [1.29, 1.82) is 0 Å². The van der Waals surface area contributed by atoms with Crippen molar-refractivity contribution in [2.45, 2.75) is 0 Å². The van der Waals surface area contributed by atoms with E-state index in [1.54, 1.807) is 0 Å². The number of rotatable bonds is 0. The summed E-state index contributed by atoms with van der Waals surface area (Å²) < 4.78 is 16.6. The molecule has 0 N–H and O–H groups in total. The molecule has 0 rings (SSSR count). The Labute approximate surface area is 72.1 Å². The second-order valence-corrected chi connectivity index (χ2v) is 0. The van der Waals surface area contributed by atoms with Crippen LogP contribution < -0.4 is 0 Å². The van der Waals surface area contributed by atoms with Gasteiger partial charge in [0.15, 0.2) is 0 Å². The van der Waals surface area contributed by atoms with Crippen LogP contribution in [0.4, 0.5) is 0 Å². The first kappa shape index (κ1) is 25.5. The van der Waals surface area contributed by atoms with E-state index in [0.717, 1.165) is 18.3 Å². The molecule has 0 unspecified atom stereocenters. The van der Waals surface area contributed by atoms with Crippen LogP contribution in [-0.2, 0) is 47.1 Å². The van der Waals surface area contributed by atoms with E-state index in [4.69, 9.17) is 6.26 Å². The summed E-state index contributed by atoms with van der Waals surface area (Å²) in [4.78, 5) is 0. The first-order valence-electron chi connectivity index (χ1n) is 0.348. The van der Waals surface area contributed by atoms with E-state index < -0.39 is 0 Å². The third kappa shape index (κ3) is 45.6. The molecule has 0 aromatic rings. The molecule has 6 heavy (non-hydrogen) atoms. The van der Waals surface area contributed by atoms with E-state index in [9.17, 15) is 0 Å². The zero-order valence-electron chi connectivity index (χ0n) is 2.43. The van der Waals surface area contributed by atoms with Crippen molar-refractivity contribution in [1.82, 2.24) is 0 Å². The van der Waals surface area contributed by atoms with Gasteiger partial charge in [-0.3, -0.25) is 0 Å². The van der Waals surface area contributed by atoms with Crippen LogP contribution in [0.5, 0.6) is 0 Å². The molecule has 0 aliphatic carbocycles. The van der Waals surface area contributed by atoms with Crippen LogP contribution >= 0.6 is 0 Å². The van der Waals surface area contributed by atoms with Crippen molar-refractivity contribution in [2.75, 3.05) is 0 Å². The van der Waals surface area contributed by atoms with Crippen molar-refractivity contribution >= 4 is 25.8 Å². The summed E-state index contributed by atoms with van der Waals surface area (Å²) in [6, 6.07) is 0. The van der Waals surface area contributed by atoms with Crippen molar-refractivity contribution in [3.8, 4) is 0 Å². The molecule has 2 radical (unpaired) electrons. The van der Waals surface area contributed by atoms with Gasteiger partial charge in [0, 0.05) is 0 Å². The molecule has 37 valence electrons. The van der Waals surface area contributed by atoms with Crippen LogP contribution in [0, 0.1) is 0 Å². The van der Waals surface area contributed by atoms with E-state index in [1.165, 1.54) is 0 Å². The molecule has 6 heteroatoms. The molecule has 0 atom stereocenters. The molecule has 0 aromatic heterocycles. The van der Waals surface area contributed by atoms with E-state index in [1.807, 2.05) is 0 Å². The van der Waals surface area contributed by atoms with Gasteiger partial charge in [-0.25, -0.2) is 0 Å². The monoisotopic (exact) mass is 414 g/mol. The topological polar surface area (TPSA) is 62.6 Å². The van der Waals surface area contributed by atoms with Crippen LogP contribution in [-0.4, -0.2) is 25.8 Å². The molecular formula is FeO3PbRu+. The summed E-state index contributed by atoms with van der Waals surface area (Å²) in [6.45, 7) is 0. The van der Waals surface area contributed by atoms with Crippen LogP contribution in [0.25, 0.3) is 0 Å². The molecule has 0 amide bonds. The van der Waals surface area contributed by atoms with Gasteiger partial charge in [0.05, 0.1) is 0 Å². The minimum atomic E-state index is 0. The van der Waals surface area contributed by atoms with Crippen LogP contribution in [0.3, 0.4) is 0 Å². The maximum absolute atomic E-state index is 8.39. The summed E-state index contributed by atoms with van der Waals surface area (Å²) in [5, 5.41) is 0. The van der Waals surface area contributed by atoms with Gasteiger partial charge >= 0.3 is 67.4 Å². The Bertz CT molecular complexity index is 12.8. The normalized spacial score (nSPS) is 1.33. The van der Waals surface area contributed by atoms with Gasteiger partial charge in [-0.2, -0.15) is 0 Å². The summed E-state index contributed by atoms with van der Waals surface area (Å²) in [5.41, 5.74) is 0. The predicted molar refractivity (Wildman–Crippen MR) is 7.81 cm³/mol. The quantitative estimate of drug-likeness (QED) is 0.493. The zero-order chi connectivity index (χ0) is 4.00. The Morgan fingerprint density at radius 1 is 1.17 bits per heavy atom. The van der Waals surface area contributed by atoms with Gasteiger partial charge in [0.1, 0.15) is 0 Å². The Hall–Kier alpha value is 1.62. The van der Waals surface area contributed by atoms with Gasteiger partial charge in [-0.15, -0.1) is 0 Å². The Morgan fingerprint density at radius 3 is 1.17 bits per heavy atom. The fourth-order valence-electron chi connectivity index (χ4n) is 0. The van der Waals surface area contributed by atoms with E-state index in [2.05, 4.69) is 0 Å². The third-order valence-electron chi connectivity index (χ3n) is 0. The molecule has 0 bridgehead atoms. The van der Waals surface area contributed by atoms with Crippen molar-refractivity contribution in [2.24, 2.45) is 0 Å². The first-order chi connectivity index (χ1) is 2.00. The summed E-state index contributed by atoms with van der Waals surface area (Å²) in [5.74, 6) is 0. The van der Waals surface area contributed by atoms with Gasteiger partial charge < -0.3 is 5.48 Å². The van der Waals surface area contributed by atoms with Crippen LogP contribution in [0.2, 0.25) is 0 Å². The number of hydrogen-bond acceptors (Lipinski definition) is 2. The summed E-state index contributed by atoms with van der Waals surface area (Å²) >= 11 is 1.16. The molecule has 0 aromatic carbocycles. The maximum atomic E-state index is 8.39. The third-order valence-corrected chi connectivity index (χ3v) is 0. The molecule has 3 nitrogen and oxygen atoms in total. The second-order valence-electron chi connectivity index (χ2n) is 0. The van der Waals surface area contributed by atoms with Gasteiger partial charge in [-0.1, -0.05) is 0 Å². The molecule has 0 fully saturated rings. The first-order valence-corrected chi connectivity index (χ1v) is 2.65. The molecule has 0 saturated heterocycles. The fourth-order valence-corrected chi connectivity index (χ4v) is 0. The molecule has 0 aliphatic rings. The van der Waals surface area contributed by atoms with E-state index >= 15 is 0 Å². The fraction of sp³-hybridized carbons (Fsp3) is 0. The van der Waals surface area contributed by atoms with Crippen molar-refractivity contribution < 1.29 is 47.1 Å². The van der Waals surface area contributed by atoms with Crippen LogP contribution in [0.15, 0.2) is 0 Å². The molecular weight excluding hydrogens is 412 g/mol. The van der Waals surface area contributed by atoms with Crippen LogP contribution in [0.1, 0.15) is 0 Å². The van der Waals surface area contributed by atoms with E-state index in [-0.39, 0.29) is 48.3 Å². The van der Waals surface area contributed by atoms with E-state index in [0.29, 0.717) is 0 Å². The zero-order valence-corrected chi connectivity index (χ0v) is 9.16. The second kappa shape index (κ2) is 79.4. The Morgan fingerprint density at radius 2 is 1.17 bits per heavy atom. The van der Waals surface area contributed by atoms with Crippen molar-refractivity contribution in [3.63, 3.8) is 0 Å². The minimum absolute atomic E-state index is 0. The number of hydrogen-bond donors (Lipinski definition) is 0.